The van der Waals surface area contributed by atoms with E-state index in [1.165, 1.54) is 55.5 Å². The Bertz CT molecular complexity index is 3030. The maximum absolute atomic E-state index is 6.95. The molecule has 2 heteroatoms. The van der Waals surface area contributed by atoms with E-state index in [-0.39, 0.29) is 0 Å². The van der Waals surface area contributed by atoms with E-state index in [4.69, 9.17) is 4.74 Å². The van der Waals surface area contributed by atoms with E-state index in [0.717, 1.165) is 50.6 Å². The van der Waals surface area contributed by atoms with Crippen LogP contribution in [0.4, 0.5) is 17.1 Å². The molecule has 0 radical (unpaired) electrons. The Morgan fingerprint density at radius 1 is 0.250 bits per heavy atom. The van der Waals surface area contributed by atoms with Gasteiger partial charge < -0.3 is 9.64 Å². The van der Waals surface area contributed by atoms with Crippen LogP contribution < -0.4 is 9.64 Å². The molecule has 1 heterocycles. The largest absolute Gasteiger partial charge is 0.456 e. The van der Waals surface area contributed by atoms with Gasteiger partial charge in [-0.15, -0.1) is 0 Å². The fraction of sp³-hybridized carbons (Fsp3) is 0. The van der Waals surface area contributed by atoms with Crippen LogP contribution in [0.1, 0.15) is 0 Å². The summed E-state index contributed by atoms with van der Waals surface area (Å²) in [7, 11) is 0. The van der Waals surface area contributed by atoms with Gasteiger partial charge in [0, 0.05) is 34.1 Å². The molecule has 0 aliphatic carbocycles. The summed E-state index contributed by atoms with van der Waals surface area (Å²) >= 11 is 0. The summed E-state index contributed by atoms with van der Waals surface area (Å²) in [5, 5.41) is 2.30. The van der Waals surface area contributed by atoms with Crippen molar-refractivity contribution in [1.29, 1.82) is 0 Å². The average molecular weight is 766 g/mol. The number of fused-ring (bicyclic) bond motifs is 2. The van der Waals surface area contributed by atoms with Crippen molar-refractivity contribution < 1.29 is 4.74 Å². The molecular weight excluding hydrogens is 727 g/mol. The second kappa shape index (κ2) is 15.1. The quantitative estimate of drug-likeness (QED) is 0.153. The highest BCUT2D eigenvalue weighted by Gasteiger charge is 2.24. The van der Waals surface area contributed by atoms with Crippen molar-refractivity contribution in [3.8, 4) is 78.3 Å². The van der Waals surface area contributed by atoms with Crippen LogP contribution in [0.15, 0.2) is 237 Å². The molecule has 2 nitrogen and oxygen atoms in total. The van der Waals surface area contributed by atoms with Crippen molar-refractivity contribution in [1.82, 2.24) is 0 Å². The van der Waals surface area contributed by atoms with Gasteiger partial charge in [-0.3, -0.25) is 0 Å². The fourth-order valence-corrected chi connectivity index (χ4v) is 8.75. The molecule has 10 aromatic rings. The molecule has 0 saturated heterocycles. The average Bonchev–Trinajstić information content (AvgIpc) is 3.33. The Hall–Kier alpha value is -7.94. The standard InChI is InChI=1S/C58H39NO/c1-6-17-40(18-7-1)44-33-45(41-19-8-2-9-20-41)36-48(35-44)52-31-32-56-58-54(52)27-16-28-55(58)53-30-29-50(39-57(53)60-56)59(49-25-14-5-15-26-49)51-37-46(42-21-10-3-11-22-42)34-47(38-51)43-23-12-4-13-24-43/h1-39H. The molecule has 0 saturated carbocycles. The van der Waals surface area contributed by atoms with Crippen molar-refractivity contribution in [3.05, 3.63) is 237 Å². The van der Waals surface area contributed by atoms with Gasteiger partial charge in [0.2, 0.25) is 0 Å². The molecule has 0 bridgehead atoms. The van der Waals surface area contributed by atoms with Crippen LogP contribution in [0.2, 0.25) is 0 Å². The number of rotatable bonds is 8. The lowest BCUT2D eigenvalue weighted by Gasteiger charge is -2.29. The van der Waals surface area contributed by atoms with Gasteiger partial charge in [-0.2, -0.15) is 0 Å². The first-order chi connectivity index (χ1) is 29.7. The topological polar surface area (TPSA) is 12.5 Å². The molecule has 60 heavy (non-hydrogen) atoms. The Balaban J connectivity index is 1.05. The van der Waals surface area contributed by atoms with E-state index >= 15 is 0 Å². The summed E-state index contributed by atoms with van der Waals surface area (Å²) in [6.07, 6.45) is 0. The molecule has 0 unspecified atom stereocenters. The highest BCUT2D eigenvalue weighted by atomic mass is 16.5. The van der Waals surface area contributed by atoms with Gasteiger partial charge in [0.25, 0.3) is 0 Å². The van der Waals surface area contributed by atoms with Crippen molar-refractivity contribution in [2.24, 2.45) is 0 Å². The van der Waals surface area contributed by atoms with Gasteiger partial charge in [0.05, 0.1) is 0 Å². The highest BCUT2D eigenvalue weighted by molar-refractivity contribution is 6.10. The second-order valence-corrected chi connectivity index (χ2v) is 15.3. The first-order valence-electron chi connectivity index (χ1n) is 20.5. The predicted octanol–water partition coefficient (Wildman–Crippen LogP) is 16.4. The molecule has 0 spiro atoms. The number of hydrogen-bond donors (Lipinski definition) is 0. The number of nitrogens with zero attached hydrogens (tertiary/aromatic N) is 1. The van der Waals surface area contributed by atoms with E-state index in [0.29, 0.717) is 0 Å². The predicted molar refractivity (Wildman–Crippen MR) is 251 cm³/mol. The van der Waals surface area contributed by atoms with Gasteiger partial charge in [0.15, 0.2) is 0 Å². The zero-order valence-electron chi connectivity index (χ0n) is 32.9. The van der Waals surface area contributed by atoms with E-state index in [2.05, 4.69) is 241 Å². The third kappa shape index (κ3) is 6.51. The van der Waals surface area contributed by atoms with Gasteiger partial charge in [0.1, 0.15) is 11.5 Å². The minimum absolute atomic E-state index is 0.834. The highest BCUT2D eigenvalue weighted by Crippen LogP contribution is 2.51. The lowest BCUT2D eigenvalue weighted by atomic mass is 9.88. The smallest absolute Gasteiger partial charge is 0.137 e. The van der Waals surface area contributed by atoms with Crippen molar-refractivity contribution in [2.45, 2.75) is 0 Å². The van der Waals surface area contributed by atoms with Crippen molar-refractivity contribution in [3.63, 3.8) is 0 Å². The molecule has 282 valence electrons. The van der Waals surface area contributed by atoms with Gasteiger partial charge >= 0.3 is 0 Å². The van der Waals surface area contributed by atoms with Gasteiger partial charge in [-0.1, -0.05) is 164 Å². The SMILES string of the molecule is c1ccc(-c2cc(-c3ccccc3)cc(-c3ccc4c5c(cccc35)-c3ccc(N(c5ccccc5)c5cc(-c6ccccc6)cc(-c6ccccc6)c5)cc3O4)c2)cc1. The third-order valence-corrected chi connectivity index (χ3v) is 11.6. The lowest BCUT2D eigenvalue weighted by molar-refractivity contribution is 0.487. The summed E-state index contributed by atoms with van der Waals surface area (Å²) in [6.45, 7) is 0. The Kier molecular flexibility index (Phi) is 8.87. The summed E-state index contributed by atoms with van der Waals surface area (Å²) in [5.41, 5.74) is 17.2. The van der Waals surface area contributed by atoms with Crippen LogP contribution in [0.25, 0.3) is 77.5 Å². The Morgan fingerprint density at radius 3 is 1.25 bits per heavy atom. The molecule has 10 aromatic carbocycles. The molecule has 11 rings (SSSR count). The van der Waals surface area contributed by atoms with Crippen LogP contribution in [0.3, 0.4) is 0 Å². The van der Waals surface area contributed by atoms with E-state index in [1.54, 1.807) is 0 Å². The Labute approximate surface area is 350 Å². The summed E-state index contributed by atoms with van der Waals surface area (Å²) in [6, 6.07) is 84.7. The van der Waals surface area contributed by atoms with Crippen LogP contribution in [-0.2, 0) is 0 Å². The monoisotopic (exact) mass is 765 g/mol. The zero-order chi connectivity index (χ0) is 39.8. The molecule has 0 fully saturated rings. The minimum Gasteiger partial charge on any atom is -0.456 e. The van der Waals surface area contributed by atoms with Gasteiger partial charge in [-0.05, 0) is 133 Å². The third-order valence-electron chi connectivity index (χ3n) is 11.6. The fourth-order valence-electron chi connectivity index (χ4n) is 8.75. The second-order valence-electron chi connectivity index (χ2n) is 15.3. The lowest BCUT2D eigenvalue weighted by Crippen LogP contribution is -2.11. The number of benzene rings is 10. The summed E-state index contributed by atoms with van der Waals surface area (Å²) < 4.78 is 6.95. The maximum atomic E-state index is 6.95. The molecule has 1 aliphatic heterocycles. The number of ether oxygens (including phenoxy) is 1. The molecule has 0 atom stereocenters. The first-order valence-corrected chi connectivity index (χ1v) is 20.5. The number of anilines is 3. The maximum Gasteiger partial charge on any atom is 0.137 e. The molecule has 0 amide bonds. The van der Waals surface area contributed by atoms with Crippen LogP contribution >= 0.6 is 0 Å². The Morgan fingerprint density at radius 2 is 0.717 bits per heavy atom. The normalized spacial score (nSPS) is 11.5. The summed E-state index contributed by atoms with van der Waals surface area (Å²) in [4.78, 5) is 2.34. The molecule has 0 aromatic heterocycles. The van der Waals surface area contributed by atoms with E-state index in [1.807, 2.05) is 0 Å². The van der Waals surface area contributed by atoms with Gasteiger partial charge in [-0.25, -0.2) is 0 Å². The van der Waals surface area contributed by atoms with Crippen LogP contribution in [0, 0.1) is 0 Å². The van der Waals surface area contributed by atoms with E-state index in [9.17, 15) is 0 Å². The molecular formula is C58H39NO. The first kappa shape index (κ1) is 35.2. The van der Waals surface area contributed by atoms with Crippen molar-refractivity contribution in [2.75, 3.05) is 4.90 Å². The number of para-hydroxylation sites is 1. The zero-order valence-corrected chi connectivity index (χ0v) is 32.9. The van der Waals surface area contributed by atoms with Crippen LogP contribution in [0.5, 0.6) is 11.5 Å². The molecule has 1 aliphatic rings. The van der Waals surface area contributed by atoms with E-state index < -0.39 is 0 Å². The number of hydrogen-bond acceptors (Lipinski definition) is 2. The summed E-state index contributed by atoms with van der Waals surface area (Å²) in [5.74, 6) is 1.70. The minimum atomic E-state index is 0.834. The van der Waals surface area contributed by atoms with Crippen molar-refractivity contribution >= 4 is 27.8 Å². The molecule has 0 N–H and O–H groups in total. The van der Waals surface area contributed by atoms with Crippen LogP contribution in [-0.4, -0.2) is 0 Å².